The van der Waals surface area contributed by atoms with Gasteiger partial charge in [0.05, 0.1) is 16.8 Å². The van der Waals surface area contributed by atoms with Gasteiger partial charge in [-0.2, -0.15) is 0 Å². The van der Waals surface area contributed by atoms with Crippen LogP contribution >= 0.6 is 0 Å². The van der Waals surface area contributed by atoms with Crippen molar-refractivity contribution in [2.45, 2.75) is 20.3 Å². The molecule has 0 saturated heterocycles. The Morgan fingerprint density at radius 1 is 1.20 bits per heavy atom. The van der Waals surface area contributed by atoms with E-state index in [-0.39, 0.29) is 16.9 Å². The molecule has 0 bridgehead atoms. The largest absolute Gasteiger partial charge is 0.459 e. The van der Waals surface area contributed by atoms with E-state index in [0.717, 1.165) is 22.8 Å². The number of nitrogens with one attached hydrogen (secondary N) is 1. The molecule has 1 aromatic carbocycles. The second-order valence-corrected chi connectivity index (χ2v) is 5.93. The zero-order valence-electron chi connectivity index (χ0n) is 13.7. The molecule has 25 heavy (non-hydrogen) atoms. The van der Waals surface area contributed by atoms with Crippen LogP contribution in [0, 0.1) is 6.92 Å². The van der Waals surface area contributed by atoms with Crippen LogP contribution in [-0.4, -0.2) is 16.4 Å². The van der Waals surface area contributed by atoms with E-state index in [1.54, 1.807) is 12.1 Å². The van der Waals surface area contributed by atoms with Gasteiger partial charge in [-0.25, -0.2) is 0 Å². The molecule has 0 aliphatic carbocycles. The number of imide groups is 1. The molecule has 0 atom stereocenters. The number of furan rings is 1. The molecule has 2 aromatic heterocycles. The lowest BCUT2D eigenvalue weighted by molar-refractivity contribution is 0.0880. The Balaban J connectivity index is 2.09. The molecule has 7 heteroatoms. The SMILES string of the molecule is CCc1oc2c(-n3c(N)c4c(cc3=O)C(=O)NC4=O)cccc2c1C. The van der Waals surface area contributed by atoms with Gasteiger partial charge in [0.2, 0.25) is 0 Å². The molecule has 3 N–H and O–H groups in total. The summed E-state index contributed by atoms with van der Waals surface area (Å²) < 4.78 is 7.14. The Hall–Kier alpha value is -3.35. The minimum absolute atomic E-state index is 0.000739. The van der Waals surface area contributed by atoms with Crippen LogP contribution in [0.3, 0.4) is 0 Å². The van der Waals surface area contributed by atoms with E-state index in [4.69, 9.17) is 10.2 Å². The van der Waals surface area contributed by atoms with E-state index in [1.807, 2.05) is 19.9 Å². The van der Waals surface area contributed by atoms with Crippen molar-refractivity contribution >= 4 is 28.6 Å². The molecule has 3 aromatic rings. The smallest absolute Gasteiger partial charge is 0.262 e. The van der Waals surface area contributed by atoms with Crippen molar-refractivity contribution in [2.75, 3.05) is 5.73 Å². The number of pyridine rings is 1. The first-order valence-electron chi connectivity index (χ1n) is 7.86. The maximum Gasteiger partial charge on any atom is 0.262 e. The number of rotatable bonds is 2. The molecule has 2 amide bonds. The molecule has 126 valence electrons. The number of carbonyl (C=O) groups excluding carboxylic acids is 2. The number of nitrogen functional groups attached to an aromatic ring is 1. The first kappa shape index (κ1) is 15.2. The summed E-state index contributed by atoms with van der Waals surface area (Å²) in [5, 5.41) is 3.03. The highest BCUT2D eigenvalue weighted by molar-refractivity contribution is 6.23. The first-order chi connectivity index (χ1) is 11.9. The van der Waals surface area contributed by atoms with Crippen LogP contribution in [0.4, 0.5) is 5.82 Å². The lowest BCUT2D eigenvalue weighted by atomic mass is 10.1. The van der Waals surface area contributed by atoms with Crippen LogP contribution in [0.1, 0.15) is 39.0 Å². The molecule has 1 aliphatic heterocycles. The zero-order valence-corrected chi connectivity index (χ0v) is 13.7. The lowest BCUT2D eigenvalue weighted by Crippen LogP contribution is -2.24. The van der Waals surface area contributed by atoms with Crippen LogP contribution in [-0.2, 0) is 6.42 Å². The highest BCUT2D eigenvalue weighted by Crippen LogP contribution is 2.32. The van der Waals surface area contributed by atoms with Crippen LogP contribution < -0.4 is 16.6 Å². The number of anilines is 1. The van der Waals surface area contributed by atoms with Gasteiger partial charge in [0.15, 0.2) is 5.58 Å². The van der Waals surface area contributed by atoms with E-state index in [1.165, 1.54) is 4.57 Å². The average Bonchev–Trinajstić information content (AvgIpc) is 3.05. The third-order valence-electron chi connectivity index (χ3n) is 4.56. The number of fused-ring (bicyclic) bond motifs is 2. The fourth-order valence-electron chi connectivity index (χ4n) is 3.32. The molecule has 0 spiro atoms. The molecule has 3 heterocycles. The number of amides is 2. The summed E-state index contributed by atoms with van der Waals surface area (Å²) in [7, 11) is 0. The van der Waals surface area contributed by atoms with E-state index in [2.05, 4.69) is 5.32 Å². The minimum Gasteiger partial charge on any atom is -0.459 e. The van der Waals surface area contributed by atoms with Gasteiger partial charge in [0.1, 0.15) is 11.6 Å². The Labute approximate surface area is 142 Å². The molecule has 0 radical (unpaired) electrons. The second kappa shape index (κ2) is 5.07. The van der Waals surface area contributed by atoms with Crippen molar-refractivity contribution in [1.82, 2.24) is 9.88 Å². The van der Waals surface area contributed by atoms with Gasteiger partial charge in [-0.1, -0.05) is 19.1 Å². The van der Waals surface area contributed by atoms with Gasteiger partial charge in [-0.05, 0) is 18.6 Å². The monoisotopic (exact) mass is 337 g/mol. The number of hydrogen-bond acceptors (Lipinski definition) is 5. The third kappa shape index (κ3) is 1.95. The van der Waals surface area contributed by atoms with Gasteiger partial charge < -0.3 is 10.2 Å². The summed E-state index contributed by atoms with van der Waals surface area (Å²) in [4.78, 5) is 36.4. The fourth-order valence-corrected chi connectivity index (χ4v) is 3.32. The fraction of sp³-hybridized carbons (Fsp3) is 0.167. The number of aromatic nitrogens is 1. The minimum atomic E-state index is -0.615. The van der Waals surface area contributed by atoms with Gasteiger partial charge in [-0.3, -0.25) is 24.3 Å². The molecule has 1 aliphatic rings. The van der Waals surface area contributed by atoms with E-state index in [9.17, 15) is 14.4 Å². The standard InChI is InChI=1S/C18H15N3O4/c1-3-12-8(2)9-5-4-6-11(15(9)25-12)21-13(22)7-10-14(16(21)19)18(24)20-17(10)23/h4-7H,3,19H2,1-2H3,(H,20,23,24). The number of para-hydroxylation sites is 1. The predicted octanol–water partition coefficient (Wildman–Crippen LogP) is 1.92. The summed E-state index contributed by atoms with van der Waals surface area (Å²) in [6.45, 7) is 3.94. The van der Waals surface area contributed by atoms with Crippen LogP contribution in [0.5, 0.6) is 0 Å². The summed E-state index contributed by atoms with van der Waals surface area (Å²) in [6.07, 6.45) is 0.714. The number of benzene rings is 1. The number of nitrogens with two attached hydrogens (primary N) is 1. The van der Waals surface area contributed by atoms with Crippen LogP contribution in [0.15, 0.2) is 33.5 Å². The summed E-state index contributed by atoms with van der Waals surface area (Å²) in [6, 6.07) is 6.52. The maximum atomic E-state index is 12.6. The first-order valence-corrected chi connectivity index (χ1v) is 7.86. The third-order valence-corrected chi connectivity index (χ3v) is 4.56. The summed E-state index contributed by atoms with van der Waals surface area (Å²) in [5.74, 6) is -0.479. The molecule has 0 fully saturated rings. The topological polar surface area (TPSA) is 107 Å². The van der Waals surface area contributed by atoms with Crippen LogP contribution in [0.2, 0.25) is 0 Å². The van der Waals surface area contributed by atoms with Crippen molar-refractivity contribution in [1.29, 1.82) is 0 Å². The van der Waals surface area contributed by atoms with E-state index < -0.39 is 17.4 Å². The normalized spacial score (nSPS) is 13.4. The van der Waals surface area contributed by atoms with Crippen molar-refractivity contribution < 1.29 is 14.0 Å². The zero-order chi connectivity index (χ0) is 17.9. The Bertz CT molecular complexity index is 1140. The highest BCUT2D eigenvalue weighted by Gasteiger charge is 2.32. The molecule has 4 rings (SSSR count). The number of nitrogens with zero attached hydrogens (tertiary/aromatic N) is 1. The highest BCUT2D eigenvalue weighted by atomic mass is 16.3. The quantitative estimate of drug-likeness (QED) is 0.695. The van der Waals surface area contributed by atoms with E-state index >= 15 is 0 Å². The average molecular weight is 337 g/mol. The van der Waals surface area contributed by atoms with Crippen molar-refractivity contribution in [3.8, 4) is 5.69 Å². The predicted molar refractivity (Wildman–Crippen MR) is 92.1 cm³/mol. The Kier molecular flexibility index (Phi) is 3.08. The van der Waals surface area contributed by atoms with Crippen molar-refractivity contribution in [3.63, 3.8) is 0 Å². The molecule has 0 unspecified atom stereocenters. The Morgan fingerprint density at radius 2 is 1.96 bits per heavy atom. The molecular formula is C18H15N3O4. The van der Waals surface area contributed by atoms with Crippen LogP contribution in [0.25, 0.3) is 16.7 Å². The number of hydrogen-bond donors (Lipinski definition) is 2. The van der Waals surface area contributed by atoms with Gasteiger partial charge in [0, 0.05) is 17.9 Å². The molecular weight excluding hydrogens is 322 g/mol. The van der Waals surface area contributed by atoms with Crippen molar-refractivity contribution in [3.05, 3.63) is 57.1 Å². The van der Waals surface area contributed by atoms with Gasteiger partial charge in [0.25, 0.3) is 17.4 Å². The van der Waals surface area contributed by atoms with Gasteiger partial charge in [-0.15, -0.1) is 0 Å². The summed E-state index contributed by atoms with van der Waals surface area (Å²) >= 11 is 0. The number of aryl methyl sites for hydroxylation is 2. The lowest BCUT2D eigenvalue weighted by Gasteiger charge is -2.12. The molecule has 0 saturated carbocycles. The Morgan fingerprint density at radius 3 is 2.68 bits per heavy atom. The van der Waals surface area contributed by atoms with E-state index in [0.29, 0.717) is 17.7 Å². The molecule has 7 nitrogen and oxygen atoms in total. The number of carbonyl (C=O) groups is 2. The second-order valence-electron chi connectivity index (χ2n) is 5.93. The van der Waals surface area contributed by atoms with Gasteiger partial charge >= 0.3 is 0 Å². The maximum absolute atomic E-state index is 12.6. The van der Waals surface area contributed by atoms with Crippen molar-refractivity contribution in [2.24, 2.45) is 0 Å². The summed E-state index contributed by atoms with van der Waals surface area (Å²) in [5.41, 5.74) is 7.58.